The molecule has 1 aliphatic rings. The second-order valence-electron chi connectivity index (χ2n) is 4.71. The Hall–Kier alpha value is -0.960. The van der Waals surface area contributed by atoms with Crippen LogP contribution < -0.4 is 5.73 Å². The zero-order valence-corrected chi connectivity index (χ0v) is 9.47. The summed E-state index contributed by atoms with van der Waals surface area (Å²) in [6.07, 6.45) is 0.804. The number of benzene rings is 1. The molecule has 0 bridgehead atoms. The molecule has 16 heavy (non-hydrogen) atoms. The van der Waals surface area contributed by atoms with Crippen LogP contribution in [0.5, 0.6) is 0 Å². The van der Waals surface area contributed by atoms with E-state index in [0.29, 0.717) is 6.54 Å². The van der Waals surface area contributed by atoms with E-state index in [9.17, 15) is 8.78 Å². The molecule has 0 saturated heterocycles. The highest BCUT2D eigenvalue weighted by Crippen LogP contribution is 2.44. The van der Waals surface area contributed by atoms with Gasteiger partial charge in [-0.25, -0.2) is 8.78 Å². The Morgan fingerprint density at radius 1 is 1.38 bits per heavy atom. The monoisotopic (exact) mass is 225 g/mol. The van der Waals surface area contributed by atoms with Crippen molar-refractivity contribution in [1.82, 2.24) is 0 Å². The predicted octanol–water partition coefficient (Wildman–Crippen LogP) is 3.31. The van der Waals surface area contributed by atoms with Crippen molar-refractivity contribution >= 4 is 0 Å². The Morgan fingerprint density at radius 2 is 2.06 bits per heavy atom. The first kappa shape index (κ1) is 11.5. The maximum atomic E-state index is 12.7. The van der Waals surface area contributed by atoms with Gasteiger partial charge in [0, 0.05) is 17.5 Å². The van der Waals surface area contributed by atoms with Gasteiger partial charge in [0.2, 0.25) is 0 Å². The summed E-state index contributed by atoms with van der Waals surface area (Å²) >= 11 is 0. The molecular weight excluding hydrogens is 208 g/mol. The molecule has 1 aromatic carbocycles. The zero-order chi connectivity index (χ0) is 11.8. The van der Waals surface area contributed by atoms with Gasteiger partial charge >= 0.3 is 0 Å². The molecule has 0 aliphatic heterocycles. The molecule has 1 saturated carbocycles. The largest absolute Gasteiger partial charge is 0.330 e. The third-order valence-electron chi connectivity index (χ3n) is 3.79. The minimum Gasteiger partial charge on any atom is -0.330 e. The van der Waals surface area contributed by atoms with Crippen LogP contribution in [-0.4, -0.2) is 6.54 Å². The normalized spacial score (nSPS) is 18.6. The van der Waals surface area contributed by atoms with Crippen molar-refractivity contribution in [1.29, 1.82) is 0 Å². The smallest absolute Gasteiger partial charge is 0.263 e. The lowest BCUT2D eigenvalue weighted by atomic mass is 9.63. The van der Waals surface area contributed by atoms with Gasteiger partial charge in [0.25, 0.3) is 6.43 Å². The molecule has 0 aromatic heterocycles. The van der Waals surface area contributed by atoms with Gasteiger partial charge in [0.1, 0.15) is 0 Å². The number of nitrogens with two attached hydrogens (primary N) is 1. The van der Waals surface area contributed by atoms with E-state index in [4.69, 9.17) is 5.73 Å². The van der Waals surface area contributed by atoms with Crippen LogP contribution in [0.15, 0.2) is 18.2 Å². The van der Waals surface area contributed by atoms with Crippen molar-refractivity contribution < 1.29 is 8.78 Å². The van der Waals surface area contributed by atoms with Crippen LogP contribution in [0, 0.1) is 6.92 Å². The number of rotatable bonds is 3. The average Bonchev–Trinajstić information content (AvgIpc) is 2.19. The summed E-state index contributed by atoms with van der Waals surface area (Å²) in [6, 6.07) is 4.94. The number of halogens is 2. The molecule has 3 heteroatoms. The highest BCUT2D eigenvalue weighted by Gasteiger charge is 2.38. The lowest BCUT2D eigenvalue weighted by Crippen LogP contribution is -2.42. The van der Waals surface area contributed by atoms with Crippen molar-refractivity contribution in [3.63, 3.8) is 0 Å². The van der Waals surface area contributed by atoms with E-state index in [2.05, 4.69) is 0 Å². The predicted molar refractivity (Wildman–Crippen MR) is 60.7 cm³/mol. The molecule has 88 valence electrons. The van der Waals surface area contributed by atoms with Crippen molar-refractivity contribution in [3.05, 3.63) is 34.9 Å². The molecule has 1 nitrogen and oxygen atoms in total. The maximum Gasteiger partial charge on any atom is 0.263 e. The van der Waals surface area contributed by atoms with Gasteiger partial charge in [-0.3, -0.25) is 0 Å². The third kappa shape index (κ3) is 1.73. The summed E-state index contributed by atoms with van der Waals surface area (Å²) in [5.41, 5.74) is 7.99. The zero-order valence-electron chi connectivity index (χ0n) is 9.47. The summed E-state index contributed by atoms with van der Waals surface area (Å²) in [4.78, 5) is 0. The topological polar surface area (TPSA) is 26.0 Å². The Bertz CT molecular complexity index is 378. The van der Waals surface area contributed by atoms with Crippen molar-refractivity contribution in [2.75, 3.05) is 6.54 Å². The molecule has 1 aliphatic carbocycles. The molecular formula is C13H17F2N. The van der Waals surface area contributed by atoms with Crippen LogP contribution in [0.3, 0.4) is 0 Å². The minimum absolute atomic E-state index is 0.0328. The van der Waals surface area contributed by atoms with Crippen LogP contribution in [0.2, 0.25) is 0 Å². The highest BCUT2D eigenvalue weighted by molar-refractivity contribution is 5.39. The van der Waals surface area contributed by atoms with E-state index in [1.165, 1.54) is 6.07 Å². The Labute approximate surface area is 94.7 Å². The summed E-state index contributed by atoms with van der Waals surface area (Å²) < 4.78 is 25.3. The first-order chi connectivity index (χ1) is 7.59. The van der Waals surface area contributed by atoms with Gasteiger partial charge in [-0.1, -0.05) is 18.6 Å². The van der Waals surface area contributed by atoms with E-state index >= 15 is 0 Å². The quantitative estimate of drug-likeness (QED) is 0.839. The van der Waals surface area contributed by atoms with E-state index in [1.807, 2.05) is 6.92 Å². The third-order valence-corrected chi connectivity index (χ3v) is 3.79. The molecule has 1 aromatic rings. The van der Waals surface area contributed by atoms with Gasteiger partial charge in [0.05, 0.1) is 0 Å². The molecule has 0 radical (unpaired) electrons. The second-order valence-corrected chi connectivity index (χ2v) is 4.71. The molecule has 0 unspecified atom stereocenters. The van der Waals surface area contributed by atoms with Crippen LogP contribution in [0.4, 0.5) is 8.78 Å². The van der Waals surface area contributed by atoms with Crippen LogP contribution >= 0.6 is 0 Å². The van der Waals surface area contributed by atoms with E-state index < -0.39 is 6.43 Å². The van der Waals surface area contributed by atoms with Crippen molar-refractivity contribution in [2.24, 2.45) is 5.73 Å². The Balaban J connectivity index is 2.42. The summed E-state index contributed by atoms with van der Waals surface area (Å²) in [5.74, 6) is 0. The maximum absolute atomic E-state index is 12.7. The van der Waals surface area contributed by atoms with Crippen LogP contribution in [-0.2, 0) is 5.41 Å². The molecule has 2 N–H and O–H groups in total. The lowest BCUT2D eigenvalue weighted by molar-refractivity contribution is 0.150. The number of hydrogen-bond donors (Lipinski definition) is 1. The summed E-state index contributed by atoms with van der Waals surface area (Å²) in [5, 5.41) is 0. The highest BCUT2D eigenvalue weighted by atomic mass is 19.3. The summed E-state index contributed by atoms with van der Waals surface area (Å²) in [6.45, 7) is 2.53. The van der Waals surface area contributed by atoms with Gasteiger partial charge < -0.3 is 5.73 Å². The second kappa shape index (κ2) is 4.13. The molecule has 0 spiro atoms. The number of aryl methyl sites for hydroxylation is 1. The van der Waals surface area contributed by atoms with E-state index in [0.717, 1.165) is 30.4 Å². The number of alkyl halides is 2. The van der Waals surface area contributed by atoms with Gasteiger partial charge in [0.15, 0.2) is 0 Å². The SMILES string of the molecule is Cc1ccc(C(F)F)cc1C1(CN)CCC1. The number of hydrogen-bond acceptors (Lipinski definition) is 1. The molecule has 2 rings (SSSR count). The Morgan fingerprint density at radius 3 is 2.50 bits per heavy atom. The lowest BCUT2D eigenvalue weighted by Gasteiger charge is -2.42. The molecule has 1 fully saturated rings. The fourth-order valence-corrected chi connectivity index (χ4v) is 2.53. The van der Waals surface area contributed by atoms with Gasteiger partial charge in [-0.05, 0) is 37.0 Å². The Kier molecular flexibility index (Phi) is 2.98. The van der Waals surface area contributed by atoms with Crippen molar-refractivity contribution in [2.45, 2.75) is 38.0 Å². The molecule has 0 atom stereocenters. The van der Waals surface area contributed by atoms with Crippen LogP contribution in [0.1, 0.15) is 42.4 Å². The minimum atomic E-state index is -2.39. The molecule has 0 amide bonds. The van der Waals surface area contributed by atoms with E-state index in [-0.39, 0.29) is 11.0 Å². The van der Waals surface area contributed by atoms with Crippen molar-refractivity contribution in [3.8, 4) is 0 Å². The first-order valence-corrected chi connectivity index (χ1v) is 5.68. The molecule has 0 heterocycles. The van der Waals surface area contributed by atoms with Gasteiger partial charge in [-0.15, -0.1) is 0 Å². The first-order valence-electron chi connectivity index (χ1n) is 5.68. The fourth-order valence-electron chi connectivity index (χ4n) is 2.53. The van der Waals surface area contributed by atoms with E-state index in [1.54, 1.807) is 12.1 Å². The average molecular weight is 225 g/mol. The van der Waals surface area contributed by atoms with Crippen LogP contribution in [0.25, 0.3) is 0 Å². The fraction of sp³-hybridized carbons (Fsp3) is 0.538. The standard InChI is InChI=1S/C13H17F2N/c1-9-3-4-10(12(14)15)7-11(9)13(8-16)5-2-6-13/h3-4,7,12H,2,5-6,8,16H2,1H3. The van der Waals surface area contributed by atoms with Gasteiger partial charge in [-0.2, -0.15) is 0 Å². The summed E-state index contributed by atoms with van der Waals surface area (Å²) in [7, 11) is 0.